The van der Waals surface area contributed by atoms with Crippen LogP contribution in [0, 0.1) is 0 Å². The molecule has 0 spiro atoms. The van der Waals surface area contributed by atoms with Gasteiger partial charge in [0.1, 0.15) is 0 Å². The molecular weight excluding hydrogens is 352 g/mol. The molecule has 1 saturated carbocycles. The second-order valence-electron chi connectivity index (χ2n) is 6.74. The number of nitrogens with one attached hydrogen (secondary N) is 1. The van der Waals surface area contributed by atoms with Crippen LogP contribution >= 0.6 is 11.3 Å². The highest BCUT2D eigenvalue weighted by molar-refractivity contribution is 7.09. The van der Waals surface area contributed by atoms with Crippen LogP contribution in [0.15, 0.2) is 23.3 Å². The van der Waals surface area contributed by atoms with Crippen LogP contribution in [-0.2, 0) is 9.59 Å². The Morgan fingerprint density at radius 2 is 1.81 bits per heavy atom. The highest BCUT2D eigenvalue weighted by Gasteiger charge is 2.32. The minimum Gasteiger partial charge on any atom is -0.395 e. The highest BCUT2D eigenvalue weighted by Crippen LogP contribution is 2.32. The molecule has 2 fully saturated rings. The number of allylic oxidation sites excluding steroid dienone is 1. The third-order valence-corrected chi connectivity index (χ3v) is 5.90. The Hall–Kier alpha value is -1.61. The fourth-order valence-corrected chi connectivity index (χ4v) is 4.18. The van der Waals surface area contributed by atoms with Gasteiger partial charge in [-0.3, -0.25) is 19.4 Å². The Morgan fingerprint density at radius 1 is 1.15 bits per heavy atom. The lowest BCUT2D eigenvalue weighted by molar-refractivity contribution is -0.124. The maximum atomic E-state index is 12.3. The van der Waals surface area contributed by atoms with Crippen LogP contribution in [0.2, 0.25) is 0 Å². The Labute approximate surface area is 157 Å². The quantitative estimate of drug-likeness (QED) is 0.399. The standard InChI is InChI=1S/C18H26N4O3S/c23-9-8-22-6-4-21(5-7-22)3-1-19-13-15-16(24)11-14(12-17(15)25)18-20-2-10-26-18/h2,10,13-14,19,23H,1,3-9,11-12H2. The van der Waals surface area contributed by atoms with Gasteiger partial charge in [0.2, 0.25) is 0 Å². The van der Waals surface area contributed by atoms with Gasteiger partial charge in [0.15, 0.2) is 11.6 Å². The summed E-state index contributed by atoms with van der Waals surface area (Å²) >= 11 is 1.50. The first-order chi connectivity index (χ1) is 12.7. The highest BCUT2D eigenvalue weighted by atomic mass is 32.1. The van der Waals surface area contributed by atoms with Gasteiger partial charge in [-0.2, -0.15) is 0 Å². The fourth-order valence-electron chi connectivity index (χ4n) is 3.44. The maximum absolute atomic E-state index is 12.3. The molecule has 2 aliphatic rings. The Morgan fingerprint density at radius 3 is 2.38 bits per heavy atom. The van der Waals surface area contributed by atoms with E-state index in [1.807, 2.05) is 5.38 Å². The summed E-state index contributed by atoms with van der Waals surface area (Å²) in [6.45, 7) is 6.43. The number of carbonyl (C=O) groups excluding carboxylic acids is 2. The van der Waals surface area contributed by atoms with Crippen molar-refractivity contribution in [2.75, 3.05) is 52.4 Å². The molecule has 0 amide bonds. The molecule has 1 aliphatic carbocycles. The summed E-state index contributed by atoms with van der Waals surface area (Å²) in [4.78, 5) is 33.5. The van der Waals surface area contributed by atoms with E-state index >= 15 is 0 Å². The summed E-state index contributed by atoms with van der Waals surface area (Å²) in [5, 5.41) is 14.9. The van der Waals surface area contributed by atoms with Crippen LogP contribution in [0.4, 0.5) is 0 Å². The van der Waals surface area contributed by atoms with Gasteiger partial charge in [-0.15, -0.1) is 11.3 Å². The van der Waals surface area contributed by atoms with Gasteiger partial charge in [-0.1, -0.05) is 0 Å². The van der Waals surface area contributed by atoms with Crippen LogP contribution in [-0.4, -0.2) is 83.9 Å². The molecule has 3 rings (SSSR count). The molecule has 2 N–H and O–H groups in total. The minimum atomic E-state index is -0.0911. The summed E-state index contributed by atoms with van der Waals surface area (Å²) in [5.74, 6) is -0.250. The van der Waals surface area contributed by atoms with E-state index in [1.165, 1.54) is 11.3 Å². The van der Waals surface area contributed by atoms with Gasteiger partial charge in [0.05, 0.1) is 17.2 Å². The number of piperazine rings is 1. The number of hydrogen-bond acceptors (Lipinski definition) is 8. The first-order valence-electron chi connectivity index (χ1n) is 9.12. The zero-order valence-electron chi connectivity index (χ0n) is 14.9. The molecule has 1 aliphatic heterocycles. The number of Topliss-reactive ketones (excluding diaryl/α,β-unsaturated/α-hetero) is 2. The molecule has 0 bridgehead atoms. The molecule has 1 saturated heterocycles. The van der Waals surface area contributed by atoms with Crippen LogP contribution in [0.5, 0.6) is 0 Å². The second-order valence-corrected chi connectivity index (χ2v) is 7.67. The number of β-amino-alcohol motifs (C(OH)–C–C–N with tert-alkyl or cyclic N) is 1. The maximum Gasteiger partial charge on any atom is 0.168 e. The molecule has 1 aromatic rings. The van der Waals surface area contributed by atoms with E-state index in [9.17, 15) is 9.59 Å². The molecule has 26 heavy (non-hydrogen) atoms. The number of aliphatic hydroxyl groups excluding tert-OH is 1. The zero-order valence-corrected chi connectivity index (χ0v) is 15.7. The first-order valence-corrected chi connectivity index (χ1v) is 10.00. The van der Waals surface area contributed by atoms with Crippen LogP contribution in [0.3, 0.4) is 0 Å². The Balaban J connectivity index is 1.41. The van der Waals surface area contributed by atoms with Crippen molar-refractivity contribution in [3.63, 3.8) is 0 Å². The van der Waals surface area contributed by atoms with Crippen molar-refractivity contribution in [1.29, 1.82) is 0 Å². The summed E-state index contributed by atoms with van der Waals surface area (Å²) < 4.78 is 0. The molecule has 0 atom stereocenters. The number of thiazole rings is 1. The lowest BCUT2D eigenvalue weighted by atomic mass is 9.84. The smallest absolute Gasteiger partial charge is 0.168 e. The summed E-state index contributed by atoms with van der Waals surface area (Å²) in [6.07, 6.45) is 4.04. The summed E-state index contributed by atoms with van der Waals surface area (Å²) in [5.41, 5.74) is 0.297. The molecule has 8 heteroatoms. The molecular formula is C18H26N4O3S. The number of aliphatic hydroxyl groups is 1. The number of ketones is 2. The zero-order chi connectivity index (χ0) is 18.4. The van der Waals surface area contributed by atoms with Crippen molar-refractivity contribution in [3.05, 3.63) is 28.4 Å². The topological polar surface area (TPSA) is 85.8 Å². The predicted molar refractivity (Wildman–Crippen MR) is 100 cm³/mol. The number of hydrogen-bond donors (Lipinski definition) is 2. The van der Waals surface area contributed by atoms with E-state index < -0.39 is 0 Å². The largest absolute Gasteiger partial charge is 0.395 e. The van der Waals surface area contributed by atoms with E-state index in [0.717, 1.165) is 44.3 Å². The number of carbonyl (C=O) groups is 2. The molecule has 2 heterocycles. The van der Waals surface area contributed by atoms with Gasteiger partial charge in [-0.05, 0) is 0 Å². The third kappa shape index (κ3) is 4.97. The van der Waals surface area contributed by atoms with Gasteiger partial charge in [0.25, 0.3) is 0 Å². The average molecular weight is 378 g/mol. The van der Waals surface area contributed by atoms with E-state index in [2.05, 4.69) is 20.1 Å². The van der Waals surface area contributed by atoms with Gasteiger partial charge < -0.3 is 10.4 Å². The molecule has 142 valence electrons. The molecule has 0 radical (unpaired) electrons. The molecule has 1 aromatic heterocycles. The van der Waals surface area contributed by atoms with Crippen molar-refractivity contribution in [2.24, 2.45) is 0 Å². The Bertz CT molecular complexity index is 619. The SMILES string of the molecule is O=C1CC(c2nccs2)CC(=O)C1=CNCCN1CCN(CCO)CC1. The summed E-state index contributed by atoms with van der Waals surface area (Å²) in [6, 6.07) is 0. The van der Waals surface area contributed by atoms with E-state index in [1.54, 1.807) is 12.4 Å². The average Bonchev–Trinajstić information content (AvgIpc) is 3.16. The normalized spacial score (nSPS) is 22.7. The number of rotatable bonds is 7. The predicted octanol–water partition coefficient (Wildman–Crippen LogP) is 0.242. The number of aromatic nitrogens is 1. The van der Waals surface area contributed by atoms with Crippen molar-refractivity contribution in [2.45, 2.75) is 18.8 Å². The van der Waals surface area contributed by atoms with Crippen molar-refractivity contribution in [1.82, 2.24) is 20.1 Å². The Kier molecular flexibility index (Phi) is 6.90. The monoisotopic (exact) mass is 378 g/mol. The van der Waals surface area contributed by atoms with Gasteiger partial charge >= 0.3 is 0 Å². The third-order valence-electron chi connectivity index (χ3n) is 4.96. The van der Waals surface area contributed by atoms with Crippen molar-refractivity contribution < 1.29 is 14.7 Å². The first kappa shape index (κ1) is 19.2. The van der Waals surface area contributed by atoms with Crippen molar-refractivity contribution in [3.8, 4) is 0 Å². The van der Waals surface area contributed by atoms with Gasteiger partial charge in [-0.25, -0.2) is 4.98 Å². The summed E-state index contributed by atoms with van der Waals surface area (Å²) in [7, 11) is 0. The molecule has 0 unspecified atom stereocenters. The van der Waals surface area contributed by atoms with Crippen molar-refractivity contribution >= 4 is 22.9 Å². The fraction of sp³-hybridized carbons (Fsp3) is 0.611. The van der Waals surface area contributed by atoms with E-state index in [-0.39, 0.29) is 24.1 Å². The molecule has 0 aromatic carbocycles. The van der Waals surface area contributed by atoms with Crippen LogP contribution in [0.25, 0.3) is 0 Å². The van der Waals surface area contributed by atoms with E-state index in [4.69, 9.17) is 5.11 Å². The van der Waals surface area contributed by atoms with Crippen LogP contribution < -0.4 is 5.32 Å². The lowest BCUT2D eigenvalue weighted by Gasteiger charge is -2.34. The molecule has 7 nitrogen and oxygen atoms in total. The minimum absolute atomic E-state index is 0.0673. The second kappa shape index (κ2) is 9.36. The van der Waals surface area contributed by atoms with Gasteiger partial charge in [0, 0.05) is 82.3 Å². The lowest BCUT2D eigenvalue weighted by Crippen LogP contribution is -2.48. The number of nitrogens with zero attached hydrogens (tertiary/aromatic N) is 3. The van der Waals surface area contributed by atoms with Crippen LogP contribution in [0.1, 0.15) is 23.8 Å². The van der Waals surface area contributed by atoms with E-state index in [0.29, 0.717) is 25.0 Å².